The van der Waals surface area contributed by atoms with E-state index in [2.05, 4.69) is 5.32 Å². The van der Waals surface area contributed by atoms with E-state index in [1.54, 1.807) is 0 Å². The maximum absolute atomic E-state index is 12.2. The molecule has 0 saturated carbocycles. The largest absolute Gasteiger partial charge is 0.481 e. The first-order chi connectivity index (χ1) is 10.4. The SMILES string of the molecule is Cc1cc(C)c(NC(=O)CN2CCC(C(=O)O)CC2)c(Cl)c1.Cl. The zero-order chi connectivity index (χ0) is 16.3. The van der Waals surface area contributed by atoms with Gasteiger partial charge in [-0.3, -0.25) is 14.5 Å². The number of rotatable bonds is 4. The smallest absolute Gasteiger partial charge is 0.306 e. The van der Waals surface area contributed by atoms with Crippen LogP contribution < -0.4 is 5.32 Å². The molecule has 0 unspecified atom stereocenters. The molecule has 1 aliphatic rings. The average Bonchev–Trinajstić information content (AvgIpc) is 2.43. The highest BCUT2D eigenvalue weighted by atomic mass is 35.5. The minimum atomic E-state index is -0.744. The summed E-state index contributed by atoms with van der Waals surface area (Å²) in [6, 6.07) is 3.79. The van der Waals surface area contributed by atoms with Crippen LogP contribution >= 0.6 is 24.0 Å². The molecule has 1 aromatic carbocycles. The molecule has 0 aromatic heterocycles. The van der Waals surface area contributed by atoms with Crippen LogP contribution in [0.4, 0.5) is 5.69 Å². The Labute approximate surface area is 147 Å². The number of likely N-dealkylation sites (tertiary alicyclic amines) is 1. The van der Waals surface area contributed by atoms with Crippen LogP contribution in [0, 0.1) is 19.8 Å². The molecule has 1 aromatic rings. The molecule has 2 rings (SSSR count). The van der Waals surface area contributed by atoms with E-state index in [4.69, 9.17) is 16.7 Å². The van der Waals surface area contributed by atoms with Gasteiger partial charge in [0.25, 0.3) is 0 Å². The van der Waals surface area contributed by atoms with E-state index in [-0.39, 0.29) is 30.8 Å². The minimum Gasteiger partial charge on any atom is -0.481 e. The van der Waals surface area contributed by atoms with Crippen LogP contribution in [0.25, 0.3) is 0 Å². The van der Waals surface area contributed by atoms with Gasteiger partial charge in [-0.05, 0) is 57.0 Å². The van der Waals surface area contributed by atoms with Crippen molar-refractivity contribution in [2.24, 2.45) is 5.92 Å². The molecular formula is C16H22Cl2N2O3. The van der Waals surface area contributed by atoms with Crippen molar-refractivity contribution in [1.82, 2.24) is 4.90 Å². The number of aryl methyl sites for hydroxylation is 2. The maximum atomic E-state index is 12.2. The molecule has 1 aliphatic heterocycles. The minimum absolute atomic E-state index is 0. The van der Waals surface area contributed by atoms with Gasteiger partial charge in [-0.25, -0.2) is 0 Å². The summed E-state index contributed by atoms with van der Waals surface area (Å²) in [6.45, 7) is 5.38. The summed E-state index contributed by atoms with van der Waals surface area (Å²) in [6.07, 6.45) is 1.18. The van der Waals surface area contributed by atoms with Crippen LogP contribution in [0.2, 0.25) is 5.02 Å². The third-order valence-electron chi connectivity index (χ3n) is 4.00. The number of hydrogen-bond acceptors (Lipinski definition) is 3. The van der Waals surface area contributed by atoms with Crippen molar-refractivity contribution >= 4 is 41.6 Å². The zero-order valence-corrected chi connectivity index (χ0v) is 14.8. The van der Waals surface area contributed by atoms with Crippen LogP contribution in [0.3, 0.4) is 0 Å². The van der Waals surface area contributed by atoms with Gasteiger partial charge in [0.05, 0.1) is 23.2 Å². The molecule has 1 amide bonds. The summed E-state index contributed by atoms with van der Waals surface area (Å²) in [7, 11) is 0. The second-order valence-corrected chi connectivity index (χ2v) is 6.28. The van der Waals surface area contributed by atoms with Gasteiger partial charge in [0.2, 0.25) is 5.91 Å². The van der Waals surface area contributed by atoms with Crippen molar-refractivity contribution in [3.63, 3.8) is 0 Å². The van der Waals surface area contributed by atoms with Crippen LogP contribution in [0.1, 0.15) is 24.0 Å². The van der Waals surface area contributed by atoms with Crippen molar-refractivity contribution in [1.29, 1.82) is 0 Å². The van der Waals surface area contributed by atoms with E-state index in [0.29, 0.717) is 36.6 Å². The predicted octanol–water partition coefficient (Wildman–Crippen LogP) is 3.11. The first-order valence-electron chi connectivity index (χ1n) is 7.38. The fraction of sp³-hybridized carbons (Fsp3) is 0.500. The Morgan fingerprint density at radius 1 is 1.30 bits per heavy atom. The molecule has 0 radical (unpaired) electrons. The van der Waals surface area contributed by atoms with Crippen LogP contribution in [-0.4, -0.2) is 41.5 Å². The third-order valence-corrected chi connectivity index (χ3v) is 4.30. The Bertz CT molecular complexity index is 562. The van der Waals surface area contributed by atoms with Crippen LogP contribution in [0.15, 0.2) is 12.1 Å². The van der Waals surface area contributed by atoms with E-state index in [1.165, 1.54) is 0 Å². The van der Waals surface area contributed by atoms with Crippen LogP contribution in [-0.2, 0) is 9.59 Å². The summed E-state index contributed by atoms with van der Waals surface area (Å²) < 4.78 is 0. The van der Waals surface area contributed by atoms with Gasteiger partial charge in [0.1, 0.15) is 0 Å². The highest BCUT2D eigenvalue weighted by Gasteiger charge is 2.25. The van der Waals surface area contributed by atoms with Crippen molar-refractivity contribution in [2.75, 3.05) is 25.0 Å². The molecule has 0 aliphatic carbocycles. The Hall–Kier alpha value is -1.30. The van der Waals surface area contributed by atoms with Crippen molar-refractivity contribution in [3.05, 3.63) is 28.3 Å². The number of amides is 1. The van der Waals surface area contributed by atoms with Crippen molar-refractivity contribution in [2.45, 2.75) is 26.7 Å². The molecule has 1 saturated heterocycles. The molecule has 0 atom stereocenters. The number of carboxylic acids is 1. The zero-order valence-electron chi connectivity index (χ0n) is 13.3. The van der Waals surface area contributed by atoms with E-state index >= 15 is 0 Å². The highest BCUT2D eigenvalue weighted by Crippen LogP contribution is 2.27. The Kier molecular flexibility index (Phi) is 7.32. The lowest BCUT2D eigenvalue weighted by Crippen LogP contribution is -2.40. The number of nitrogens with zero attached hydrogens (tertiary/aromatic N) is 1. The van der Waals surface area contributed by atoms with Gasteiger partial charge in [-0.15, -0.1) is 12.4 Å². The number of nitrogens with one attached hydrogen (secondary N) is 1. The van der Waals surface area contributed by atoms with Gasteiger partial charge < -0.3 is 10.4 Å². The quantitative estimate of drug-likeness (QED) is 0.865. The number of carbonyl (C=O) groups excluding carboxylic acids is 1. The number of piperidine rings is 1. The summed E-state index contributed by atoms with van der Waals surface area (Å²) >= 11 is 6.18. The van der Waals surface area contributed by atoms with Gasteiger partial charge >= 0.3 is 5.97 Å². The number of halogens is 2. The molecule has 0 bridgehead atoms. The van der Waals surface area contributed by atoms with Gasteiger partial charge in [0, 0.05) is 0 Å². The molecule has 23 heavy (non-hydrogen) atoms. The summed E-state index contributed by atoms with van der Waals surface area (Å²) in [4.78, 5) is 25.1. The van der Waals surface area contributed by atoms with Crippen molar-refractivity contribution < 1.29 is 14.7 Å². The number of carbonyl (C=O) groups is 2. The number of benzene rings is 1. The standard InChI is InChI=1S/C16H21ClN2O3.ClH/c1-10-7-11(2)15(13(17)8-10)18-14(20)9-19-5-3-12(4-6-19)16(21)22;/h7-8,12H,3-6,9H2,1-2H3,(H,18,20)(H,21,22);1H. The number of carboxylic acid groups (broad SMARTS) is 1. The second-order valence-electron chi connectivity index (χ2n) is 5.88. The van der Waals surface area contributed by atoms with Crippen LogP contribution in [0.5, 0.6) is 0 Å². The molecule has 1 heterocycles. The van der Waals surface area contributed by atoms with Gasteiger partial charge in [0.15, 0.2) is 0 Å². The third kappa shape index (κ3) is 5.37. The van der Waals surface area contributed by atoms with Crippen molar-refractivity contribution in [3.8, 4) is 0 Å². The lowest BCUT2D eigenvalue weighted by Gasteiger charge is -2.29. The monoisotopic (exact) mass is 360 g/mol. The molecule has 128 valence electrons. The fourth-order valence-corrected chi connectivity index (χ4v) is 3.16. The lowest BCUT2D eigenvalue weighted by atomic mass is 9.97. The first kappa shape index (κ1) is 19.7. The number of hydrogen-bond donors (Lipinski definition) is 2. The number of aliphatic carboxylic acids is 1. The topological polar surface area (TPSA) is 69.6 Å². The van der Waals surface area contributed by atoms with Gasteiger partial charge in [-0.1, -0.05) is 17.7 Å². The first-order valence-corrected chi connectivity index (χ1v) is 7.76. The maximum Gasteiger partial charge on any atom is 0.306 e. The van der Waals surface area contributed by atoms with E-state index in [0.717, 1.165) is 11.1 Å². The highest BCUT2D eigenvalue weighted by molar-refractivity contribution is 6.34. The predicted molar refractivity (Wildman–Crippen MR) is 93.6 cm³/mol. The molecule has 1 fully saturated rings. The average molecular weight is 361 g/mol. The molecule has 0 spiro atoms. The van der Waals surface area contributed by atoms with E-state index < -0.39 is 5.97 Å². The number of anilines is 1. The lowest BCUT2D eigenvalue weighted by molar-refractivity contribution is -0.143. The van der Waals surface area contributed by atoms with Gasteiger partial charge in [-0.2, -0.15) is 0 Å². The molecule has 2 N–H and O–H groups in total. The second kappa shape index (κ2) is 8.52. The Balaban J connectivity index is 0.00000264. The molecular weight excluding hydrogens is 339 g/mol. The van der Waals surface area contributed by atoms with E-state index in [9.17, 15) is 9.59 Å². The summed E-state index contributed by atoms with van der Waals surface area (Å²) in [5, 5.41) is 12.4. The Morgan fingerprint density at radius 2 is 1.91 bits per heavy atom. The molecule has 5 nitrogen and oxygen atoms in total. The normalized spacial score (nSPS) is 15.8. The Morgan fingerprint density at radius 3 is 2.43 bits per heavy atom. The summed E-state index contributed by atoms with van der Waals surface area (Å²) in [5.41, 5.74) is 2.64. The molecule has 7 heteroatoms. The fourth-order valence-electron chi connectivity index (χ4n) is 2.79. The van der Waals surface area contributed by atoms with E-state index in [1.807, 2.05) is 30.9 Å². The summed E-state index contributed by atoms with van der Waals surface area (Å²) in [5.74, 6) is -1.15.